The minimum Gasteiger partial charge on any atom is -0.0843 e. The van der Waals surface area contributed by atoms with Crippen LogP contribution >= 0.6 is 0 Å². The second-order valence-electron chi connectivity index (χ2n) is 4.13. The van der Waals surface area contributed by atoms with Crippen molar-refractivity contribution in [2.75, 3.05) is 0 Å². The fourth-order valence-electron chi connectivity index (χ4n) is 1.96. The molecular weight excluding hydrogens is 180 g/mol. The van der Waals surface area contributed by atoms with E-state index in [0.29, 0.717) is 0 Å². The van der Waals surface area contributed by atoms with E-state index in [9.17, 15) is 0 Å². The van der Waals surface area contributed by atoms with Crippen molar-refractivity contribution >= 4 is 0 Å². The molecule has 0 atom stereocenters. The molecule has 0 bridgehead atoms. The lowest BCUT2D eigenvalue weighted by Gasteiger charge is -2.06. The van der Waals surface area contributed by atoms with Crippen molar-refractivity contribution < 1.29 is 0 Å². The summed E-state index contributed by atoms with van der Waals surface area (Å²) in [5.41, 5.74) is 2.88. The average Bonchev–Trinajstić information content (AvgIpc) is 2.23. The standard InChI is InChI=1S/C15H18/c1-2-5-9-14(10-6-3-1)13-15-11-7-4-8-12-15/h4-5,7-12H,1-3,6,13H2/b9-5?,14-10+. The van der Waals surface area contributed by atoms with Crippen LogP contribution in [0.15, 0.2) is 54.1 Å². The van der Waals surface area contributed by atoms with Crippen molar-refractivity contribution in [3.63, 3.8) is 0 Å². The Labute approximate surface area is 92.3 Å². The number of allylic oxidation sites excluding steroid dienone is 4. The quantitative estimate of drug-likeness (QED) is 0.665. The van der Waals surface area contributed by atoms with E-state index in [0.717, 1.165) is 6.42 Å². The van der Waals surface area contributed by atoms with E-state index in [1.807, 2.05) is 0 Å². The summed E-state index contributed by atoms with van der Waals surface area (Å²) in [6.07, 6.45) is 13.2. The van der Waals surface area contributed by atoms with Crippen molar-refractivity contribution in [2.24, 2.45) is 0 Å². The first-order chi connectivity index (χ1) is 7.45. The zero-order chi connectivity index (χ0) is 10.3. The second-order valence-corrected chi connectivity index (χ2v) is 4.13. The fraction of sp³-hybridized carbons (Fsp3) is 0.333. The molecule has 1 aromatic rings. The predicted octanol–water partition coefficient (Wildman–Crippen LogP) is 4.29. The van der Waals surface area contributed by atoms with Gasteiger partial charge in [-0.15, -0.1) is 0 Å². The third kappa shape index (κ3) is 3.39. The van der Waals surface area contributed by atoms with Crippen LogP contribution < -0.4 is 0 Å². The Morgan fingerprint density at radius 1 is 0.933 bits per heavy atom. The largest absolute Gasteiger partial charge is 0.0843 e. The van der Waals surface area contributed by atoms with Crippen LogP contribution in [0.25, 0.3) is 0 Å². The molecule has 0 fully saturated rings. The Kier molecular flexibility index (Phi) is 3.78. The Morgan fingerprint density at radius 3 is 2.60 bits per heavy atom. The molecule has 0 spiro atoms. The molecule has 1 aromatic carbocycles. The Hall–Kier alpha value is -1.30. The van der Waals surface area contributed by atoms with Gasteiger partial charge in [-0.25, -0.2) is 0 Å². The lowest BCUT2D eigenvalue weighted by atomic mass is 10.00. The highest BCUT2D eigenvalue weighted by Gasteiger charge is 1.98. The molecule has 1 aliphatic rings. The highest BCUT2D eigenvalue weighted by atomic mass is 14.0. The summed E-state index contributed by atoms with van der Waals surface area (Å²) in [4.78, 5) is 0. The van der Waals surface area contributed by atoms with Gasteiger partial charge in [-0.1, -0.05) is 48.6 Å². The van der Waals surface area contributed by atoms with Gasteiger partial charge < -0.3 is 0 Å². The van der Waals surface area contributed by atoms with Crippen molar-refractivity contribution in [3.05, 3.63) is 59.7 Å². The lowest BCUT2D eigenvalue weighted by molar-refractivity contribution is 0.753. The molecule has 0 aliphatic heterocycles. The molecule has 0 radical (unpaired) electrons. The van der Waals surface area contributed by atoms with Crippen LogP contribution in [0.2, 0.25) is 0 Å². The van der Waals surface area contributed by atoms with Crippen LogP contribution in [0, 0.1) is 0 Å². The Morgan fingerprint density at radius 2 is 1.73 bits per heavy atom. The summed E-state index contributed by atoms with van der Waals surface area (Å²) in [6, 6.07) is 10.7. The van der Waals surface area contributed by atoms with Gasteiger partial charge in [-0.2, -0.15) is 0 Å². The van der Waals surface area contributed by atoms with Gasteiger partial charge in [0.1, 0.15) is 0 Å². The van der Waals surface area contributed by atoms with Gasteiger partial charge in [-0.05, 0) is 43.2 Å². The smallest absolute Gasteiger partial charge is 0.00290 e. The molecule has 0 saturated carbocycles. The Balaban J connectivity index is 2.04. The van der Waals surface area contributed by atoms with Crippen molar-refractivity contribution in [1.82, 2.24) is 0 Å². The van der Waals surface area contributed by atoms with Crippen LogP contribution in [0.3, 0.4) is 0 Å². The topological polar surface area (TPSA) is 0 Å². The zero-order valence-electron chi connectivity index (χ0n) is 9.15. The van der Waals surface area contributed by atoms with E-state index >= 15 is 0 Å². The first-order valence-electron chi connectivity index (χ1n) is 5.84. The van der Waals surface area contributed by atoms with Crippen LogP contribution in [-0.4, -0.2) is 0 Å². The number of hydrogen-bond donors (Lipinski definition) is 0. The summed E-state index contributed by atoms with van der Waals surface area (Å²) in [5.74, 6) is 0. The molecule has 1 aliphatic carbocycles. The van der Waals surface area contributed by atoms with Crippen LogP contribution in [0.1, 0.15) is 31.2 Å². The van der Waals surface area contributed by atoms with Crippen LogP contribution in [-0.2, 0) is 6.42 Å². The third-order valence-electron chi connectivity index (χ3n) is 2.81. The molecule has 2 rings (SSSR count). The van der Waals surface area contributed by atoms with Gasteiger partial charge in [0.2, 0.25) is 0 Å². The molecule has 78 valence electrons. The monoisotopic (exact) mass is 198 g/mol. The predicted molar refractivity (Wildman–Crippen MR) is 65.8 cm³/mol. The summed E-state index contributed by atoms with van der Waals surface area (Å²) >= 11 is 0. The molecule has 0 aromatic heterocycles. The molecule has 0 heterocycles. The fourth-order valence-corrected chi connectivity index (χ4v) is 1.96. The zero-order valence-corrected chi connectivity index (χ0v) is 9.15. The first kappa shape index (κ1) is 10.2. The normalized spacial score (nSPS) is 20.1. The minimum absolute atomic E-state index is 1.08. The van der Waals surface area contributed by atoms with Crippen molar-refractivity contribution in [3.8, 4) is 0 Å². The lowest BCUT2D eigenvalue weighted by Crippen LogP contribution is -1.90. The maximum Gasteiger partial charge on any atom is -0.00290 e. The van der Waals surface area contributed by atoms with Gasteiger partial charge in [0.25, 0.3) is 0 Å². The van der Waals surface area contributed by atoms with Gasteiger partial charge in [-0.3, -0.25) is 0 Å². The summed E-state index contributed by atoms with van der Waals surface area (Å²) in [5, 5.41) is 0. The molecule has 0 saturated heterocycles. The molecule has 15 heavy (non-hydrogen) atoms. The van der Waals surface area contributed by atoms with Crippen LogP contribution in [0.5, 0.6) is 0 Å². The SMILES string of the molecule is C1=C/C(Cc2ccccc2)=C\CCCC1. The first-order valence-corrected chi connectivity index (χ1v) is 5.84. The summed E-state index contributed by atoms with van der Waals surface area (Å²) < 4.78 is 0. The van der Waals surface area contributed by atoms with E-state index in [-0.39, 0.29) is 0 Å². The van der Waals surface area contributed by atoms with Crippen LogP contribution in [0.4, 0.5) is 0 Å². The summed E-state index contributed by atoms with van der Waals surface area (Å²) in [6.45, 7) is 0. The van der Waals surface area contributed by atoms with E-state index in [1.165, 1.54) is 36.8 Å². The van der Waals surface area contributed by atoms with Gasteiger partial charge in [0, 0.05) is 0 Å². The molecule has 0 amide bonds. The minimum atomic E-state index is 1.08. The number of benzene rings is 1. The van der Waals surface area contributed by atoms with Gasteiger partial charge >= 0.3 is 0 Å². The van der Waals surface area contributed by atoms with Crippen molar-refractivity contribution in [1.29, 1.82) is 0 Å². The third-order valence-corrected chi connectivity index (χ3v) is 2.81. The second kappa shape index (κ2) is 5.55. The molecule has 0 heteroatoms. The highest BCUT2D eigenvalue weighted by Crippen LogP contribution is 2.15. The van der Waals surface area contributed by atoms with E-state index in [2.05, 4.69) is 48.6 Å². The maximum atomic E-state index is 2.39. The summed E-state index contributed by atoms with van der Waals surface area (Å²) in [7, 11) is 0. The van der Waals surface area contributed by atoms with Gasteiger partial charge in [0.05, 0.1) is 0 Å². The molecule has 0 nitrogen and oxygen atoms in total. The Bertz CT molecular complexity index is 344. The molecule has 0 N–H and O–H groups in total. The number of rotatable bonds is 2. The highest BCUT2D eigenvalue weighted by molar-refractivity contribution is 5.28. The molecular formula is C15H18. The van der Waals surface area contributed by atoms with Gasteiger partial charge in [0.15, 0.2) is 0 Å². The van der Waals surface area contributed by atoms with E-state index < -0.39 is 0 Å². The molecule has 0 unspecified atom stereocenters. The number of hydrogen-bond acceptors (Lipinski definition) is 0. The van der Waals surface area contributed by atoms with E-state index in [1.54, 1.807) is 0 Å². The maximum absolute atomic E-state index is 2.39. The van der Waals surface area contributed by atoms with E-state index in [4.69, 9.17) is 0 Å². The van der Waals surface area contributed by atoms with Crippen molar-refractivity contribution in [2.45, 2.75) is 32.1 Å². The average molecular weight is 198 g/mol.